The predicted molar refractivity (Wildman–Crippen MR) is 115 cm³/mol. The number of esters is 1. The van der Waals surface area contributed by atoms with Crippen LogP contribution in [0.2, 0.25) is 0 Å². The van der Waals surface area contributed by atoms with E-state index in [0.717, 1.165) is 13.1 Å². The van der Waals surface area contributed by atoms with E-state index in [-0.39, 0.29) is 24.0 Å². The van der Waals surface area contributed by atoms with Crippen molar-refractivity contribution in [3.8, 4) is 0 Å². The first-order valence-electron chi connectivity index (χ1n) is 11.0. The van der Waals surface area contributed by atoms with Crippen molar-refractivity contribution in [1.82, 2.24) is 9.80 Å². The summed E-state index contributed by atoms with van der Waals surface area (Å²) in [5, 5.41) is 2.98. The molecule has 160 valence electrons. The van der Waals surface area contributed by atoms with Gasteiger partial charge in [-0.3, -0.25) is 9.69 Å². The number of nitrogens with zero attached hydrogens (tertiary/aromatic N) is 2. The molecular weight excluding hydrogens is 366 g/mol. The molecule has 29 heavy (non-hydrogen) atoms. The first kappa shape index (κ1) is 21.8. The highest BCUT2D eigenvalue weighted by atomic mass is 16.5. The van der Waals surface area contributed by atoms with Crippen LogP contribution in [0, 0.1) is 5.92 Å². The highest BCUT2D eigenvalue weighted by Crippen LogP contribution is 2.22. The van der Waals surface area contributed by atoms with Gasteiger partial charge < -0.3 is 15.0 Å². The van der Waals surface area contributed by atoms with E-state index in [1.165, 1.54) is 45.3 Å². The fraction of sp³-hybridized carbons (Fsp3) is 0.652. The molecule has 1 amide bonds. The molecule has 0 aliphatic carbocycles. The van der Waals surface area contributed by atoms with E-state index < -0.39 is 0 Å². The van der Waals surface area contributed by atoms with E-state index in [4.69, 9.17) is 4.74 Å². The van der Waals surface area contributed by atoms with E-state index in [2.05, 4.69) is 15.1 Å². The molecular formula is C23H35N3O3. The summed E-state index contributed by atoms with van der Waals surface area (Å²) in [5.41, 5.74) is 1.19. The van der Waals surface area contributed by atoms with Crippen molar-refractivity contribution >= 4 is 17.6 Å². The highest BCUT2D eigenvalue weighted by Gasteiger charge is 2.30. The van der Waals surface area contributed by atoms with Crippen molar-refractivity contribution in [2.75, 3.05) is 38.0 Å². The zero-order valence-corrected chi connectivity index (χ0v) is 18.0. The Hall–Kier alpha value is -1.92. The monoisotopic (exact) mass is 401 g/mol. The molecule has 2 aliphatic rings. The molecule has 1 N–H and O–H groups in total. The topological polar surface area (TPSA) is 61.9 Å². The molecule has 1 aromatic rings. The number of hydrogen-bond acceptors (Lipinski definition) is 5. The Morgan fingerprint density at radius 1 is 1.07 bits per heavy atom. The number of ether oxygens (including phenoxy) is 1. The Morgan fingerprint density at radius 3 is 2.41 bits per heavy atom. The van der Waals surface area contributed by atoms with Gasteiger partial charge in [-0.25, -0.2) is 4.79 Å². The number of hydrogen-bond donors (Lipinski definition) is 1. The lowest BCUT2D eigenvalue weighted by atomic mass is 10.1. The Bertz CT molecular complexity index is 683. The number of likely N-dealkylation sites (tertiary alicyclic amines) is 2. The molecule has 2 atom stereocenters. The molecule has 0 unspecified atom stereocenters. The van der Waals surface area contributed by atoms with Gasteiger partial charge in [-0.2, -0.15) is 0 Å². The number of carbonyl (C=O) groups excluding carboxylic acids is 2. The smallest absolute Gasteiger partial charge is 0.338 e. The van der Waals surface area contributed by atoms with E-state index in [0.29, 0.717) is 17.2 Å². The van der Waals surface area contributed by atoms with Crippen molar-refractivity contribution in [3.05, 3.63) is 29.8 Å². The molecule has 0 radical (unpaired) electrons. The molecule has 2 heterocycles. The van der Waals surface area contributed by atoms with Crippen LogP contribution in [0.3, 0.4) is 0 Å². The van der Waals surface area contributed by atoms with Gasteiger partial charge in [-0.15, -0.1) is 0 Å². The standard InChI is InChI=1S/C23H35N3O3/c1-17(2)29-23(28)20-7-9-21(10-8-20)24-22(27)18(3)26-14-11-19(16-26)15-25-12-5-4-6-13-25/h7-10,17-19H,4-6,11-16H2,1-3H3,(H,24,27)/t18-,19-/m1/s1. The lowest BCUT2D eigenvalue weighted by Crippen LogP contribution is -2.41. The molecule has 0 spiro atoms. The van der Waals surface area contributed by atoms with Crippen molar-refractivity contribution in [2.45, 2.75) is 58.6 Å². The average Bonchev–Trinajstić information content (AvgIpc) is 3.16. The van der Waals surface area contributed by atoms with Crippen molar-refractivity contribution in [3.63, 3.8) is 0 Å². The number of benzene rings is 1. The third kappa shape index (κ3) is 6.28. The van der Waals surface area contributed by atoms with Gasteiger partial charge in [-0.05, 0) is 89.9 Å². The van der Waals surface area contributed by atoms with Crippen LogP contribution in [-0.2, 0) is 9.53 Å². The quantitative estimate of drug-likeness (QED) is 0.710. The summed E-state index contributed by atoms with van der Waals surface area (Å²) >= 11 is 0. The molecule has 0 bridgehead atoms. The van der Waals surface area contributed by atoms with Gasteiger partial charge in [-0.1, -0.05) is 6.42 Å². The van der Waals surface area contributed by atoms with Crippen LogP contribution in [0.4, 0.5) is 5.69 Å². The van der Waals surface area contributed by atoms with Gasteiger partial charge in [0, 0.05) is 18.8 Å². The zero-order chi connectivity index (χ0) is 20.8. The van der Waals surface area contributed by atoms with Gasteiger partial charge in [0.2, 0.25) is 5.91 Å². The molecule has 0 aromatic heterocycles. The van der Waals surface area contributed by atoms with E-state index in [1.54, 1.807) is 24.3 Å². The fourth-order valence-electron chi connectivity index (χ4n) is 4.25. The van der Waals surface area contributed by atoms with Crippen LogP contribution in [0.5, 0.6) is 0 Å². The number of piperidine rings is 1. The molecule has 3 rings (SSSR count). The summed E-state index contributed by atoms with van der Waals surface area (Å²) in [6, 6.07) is 6.73. The molecule has 0 saturated carbocycles. The molecule has 6 heteroatoms. The van der Waals surface area contributed by atoms with Crippen LogP contribution < -0.4 is 5.32 Å². The Morgan fingerprint density at radius 2 is 1.76 bits per heavy atom. The lowest BCUT2D eigenvalue weighted by Gasteiger charge is -2.29. The molecule has 6 nitrogen and oxygen atoms in total. The molecule has 2 aliphatic heterocycles. The Balaban J connectivity index is 1.47. The average molecular weight is 402 g/mol. The number of amides is 1. The summed E-state index contributed by atoms with van der Waals surface area (Å²) in [7, 11) is 0. The summed E-state index contributed by atoms with van der Waals surface area (Å²) in [6.07, 6.45) is 5.03. The maximum absolute atomic E-state index is 12.7. The fourth-order valence-corrected chi connectivity index (χ4v) is 4.25. The third-order valence-corrected chi connectivity index (χ3v) is 5.94. The maximum Gasteiger partial charge on any atom is 0.338 e. The van der Waals surface area contributed by atoms with Crippen molar-refractivity contribution < 1.29 is 14.3 Å². The van der Waals surface area contributed by atoms with Crippen molar-refractivity contribution in [1.29, 1.82) is 0 Å². The lowest BCUT2D eigenvalue weighted by molar-refractivity contribution is -0.120. The Kier molecular flexibility index (Phi) is 7.67. The first-order chi connectivity index (χ1) is 13.9. The van der Waals surface area contributed by atoms with Crippen LogP contribution >= 0.6 is 0 Å². The van der Waals surface area contributed by atoms with Crippen LogP contribution in [-0.4, -0.2) is 66.5 Å². The predicted octanol–water partition coefficient (Wildman–Crippen LogP) is 3.39. The summed E-state index contributed by atoms with van der Waals surface area (Å²) in [5.74, 6) is 0.318. The van der Waals surface area contributed by atoms with E-state index >= 15 is 0 Å². The summed E-state index contributed by atoms with van der Waals surface area (Å²) in [4.78, 5) is 29.5. The SMILES string of the molecule is CC(C)OC(=O)c1ccc(NC(=O)[C@@H](C)N2CC[C@H](CN3CCCCC3)C2)cc1. The Labute approximate surface area is 174 Å². The van der Waals surface area contributed by atoms with Gasteiger partial charge in [0.15, 0.2) is 0 Å². The number of carbonyl (C=O) groups is 2. The van der Waals surface area contributed by atoms with Crippen molar-refractivity contribution in [2.24, 2.45) is 5.92 Å². The second kappa shape index (κ2) is 10.2. The van der Waals surface area contributed by atoms with Crippen LogP contribution in [0.1, 0.15) is 56.8 Å². The second-order valence-electron chi connectivity index (χ2n) is 8.71. The zero-order valence-electron chi connectivity index (χ0n) is 18.0. The van der Waals surface area contributed by atoms with Crippen LogP contribution in [0.15, 0.2) is 24.3 Å². The minimum absolute atomic E-state index is 0.00105. The summed E-state index contributed by atoms with van der Waals surface area (Å²) in [6.45, 7) is 11.2. The third-order valence-electron chi connectivity index (χ3n) is 5.94. The minimum Gasteiger partial charge on any atom is -0.459 e. The van der Waals surface area contributed by atoms with E-state index in [9.17, 15) is 9.59 Å². The minimum atomic E-state index is -0.344. The first-order valence-corrected chi connectivity index (χ1v) is 11.0. The van der Waals surface area contributed by atoms with E-state index in [1.807, 2.05) is 20.8 Å². The summed E-state index contributed by atoms with van der Waals surface area (Å²) < 4.78 is 5.19. The maximum atomic E-state index is 12.7. The molecule has 1 aromatic carbocycles. The van der Waals surface area contributed by atoms with Gasteiger partial charge in [0.25, 0.3) is 0 Å². The largest absolute Gasteiger partial charge is 0.459 e. The molecule has 2 saturated heterocycles. The van der Waals surface area contributed by atoms with Gasteiger partial charge in [0.1, 0.15) is 0 Å². The second-order valence-corrected chi connectivity index (χ2v) is 8.71. The molecule has 2 fully saturated rings. The van der Waals surface area contributed by atoms with Gasteiger partial charge in [0.05, 0.1) is 17.7 Å². The number of rotatable bonds is 7. The number of nitrogens with one attached hydrogen (secondary N) is 1. The number of anilines is 1. The normalized spacial score (nSPS) is 21.9. The van der Waals surface area contributed by atoms with Crippen LogP contribution in [0.25, 0.3) is 0 Å². The highest BCUT2D eigenvalue weighted by molar-refractivity contribution is 5.95. The van der Waals surface area contributed by atoms with Gasteiger partial charge >= 0.3 is 5.97 Å².